The van der Waals surface area contributed by atoms with E-state index in [1.165, 1.54) is 12.7 Å². The molecule has 6 nitrogen and oxygen atoms in total. The summed E-state index contributed by atoms with van der Waals surface area (Å²) in [5, 5.41) is 17.3. The van der Waals surface area contributed by atoms with Crippen LogP contribution in [0.5, 0.6) is 6.01 Å². The summed E-state index contributed by atoms with van der Waals surface area (Å²) in [5.41, 5.74) is 0. The summed E-state index contributed by atoms with van der Waals surface area (Å²) in [6, 6.07) is 0.137. The molecule has 0 aromatic carbocycles. The van der Waals surface area contributed by atoms with E-state index in [4.69, 9.17) is 14.9 Å². The second-order valence-corrected chi connectivity index (χ2v) is 2.07. The topological polar surface area (TPSA) is 88.4 Å². The van der Waals surface area contributed by atoms with Crippen molar-refractivity contribution >= 4 is 0 Å². The zero-order valence-corrected chi connectivity index (χ0v) is 6.29. The first-order valence-corrected chi connectivity index (χ1v) is 3.36. The first-order valence-electron chi connectivity index (χ1n) is 3.36. The van der Waals surface area contributed by atoms with E-state index in [-0.39, 0.29) is 19.2 Å². The molecule has 6 heteroatoms. The van der Waals surface area contributed by atoms with Crippen LogP contribution < -0.4 is 4.74 Å². The van der Waals surface area contributed by atoms with Crippen LogP contribution in [-0.4, -0.2) is 44.5 Å². The molecular formula is C6H9N3O3. The van der Waals surface area contributed by atoms with Crippen LogP contribution in [0.3, 0.4) is 0 Å². The van der Waals surface area contributed by atoms with Crippen LogP contribution in [0.1, 0.15) is 0 Å². The third kappa shape index (κ3) is 2.77. The van der Waals surface area contributed by atoms with Gasteiger partial charge in [0.25, 0.3) is 0 Å². The quantitative estimate of drug-likeness (QED) is 0.579. The zero-order chi connectivity index (χ0) is 8.81. The summed E-state index contributed by atoms with van der Waals surface area (Å²) in [6.07, 6.45) is 1.67. The second kappa shape index (κ2) is 4.58. The molecule has 1 rings (SSSR count). The largest absolute Gasteiger partial charge is 0.461 e. The molecule has 0 spiro atoms. The van der Waals surface area contributed by atoms with Crippen molar-refractivity contribution in [1.82, 2.24) is 15.0 Å². The number of rotatable bonds is 4. The Morgan fingerprint density at radius 2 is 2.08 bits per heavy atom. The SMILES string of the molecule is OCC(O)COc1ncncn1. The van der Waals surface area contributed by atoms with Gasteiger partial charge in [-0.05, 0) is 0 Å². The predicted octanol–water partition coefficient (Wildman–Crippen LogP) is -1.40. The van der Waals surface area contributed by atoms with Gasteiger partial charge in [0.05, 0.1) is 6.61 Å². The maximum Gasteiger partial charge on any atom is 0.319 e. The van der Waals surface area contributed by atoms with Crippen molar-refractivity contribution in [1.29, 1.82) is 0 Å². The van der Waals surface area contributed by atoms with E-state index in [0.717, 1.165) is 0 Å². The lowest BCUT2D eigenvalue weighted by molar-refractivity contribution is 0.0503. The Balaban J connectivity index is 2.33. The van der Waals surface area contributed by atoms with Crippen molar-refractivity contribution in [3.8, 4) is 6.01 Å². The van der Waals surface area contributed by atoms with Crippen molar-refractivity contribution < 1.29 is 14.9 Å². The minimum atomic E-state index is -0.901. The molecule has 0 aliphatic heterocycles. The van der Waals surface area contributed by atoms with Crippen LogP contribution in [0.15, 0.2) is 12.7 Å². The highest BCUT2D eigenvalue weighted by atomic mass is 16.5. The first kappa shape index (κ1) is 8.82. The molecule has 0 fully saturated rings. The van der Waals surface area contributed by atoms with Crippen LogP contribution in [0.2, 0.25) is 0 Å². The van der Waals surface area contributed by atoms with E-state index >= 15 is 0 Å². The lowest BCUT2D eigenvalue weighted by atomic mass is 10.4. The lowest BCUT2D eigenvalue weighted by Crippen LogP contribution is -2.21. The van der Waals surface area contributed by atoms with Crippen LogP contribution in [0, 0.1) is 0 Å². The van der Waals surface area contributed by atoms with Gasteiger partial charge in [0.15, 0.2) is 0 Å². The Bertz CT molecular complexity index is 219. The predicted molar refractivity (Wildman–Crippen MR) is 38.4 cm³/mol. The molecule has 66 valence electrons. The van der Waals surface area contributed by atoms with E-state index in [0.29, 0.717) is 0 Å². The minimum absolute atomic E-state index is 0.0273. The summed E-state index contributed by atoms with van der Waals surface area (Å²) in [4.78, 5) is 10.9. The molecule has 1 atom stereocenters. The minimum Gasteiger partial charge on any atom is -0.461 e. The van der Waals surface area contributed by atoms with Crippen molar-refractivity contribution in [3.63, 3.8) is 0 Å². The Labute approximate surface area is 68.9 Å². The van der Waals surface area contributed by atoms with Gasteiger partial charge in [-0.3, -0.25) is 0 Å². The molecule has 2 N–H and O–H groups in total. The molecule has 1 aromatic rings. The maximum atomic E-state index is 8.87. The number of aromatic nitrogens is 3. The van der Waals surface area contributed by atoms with Gasteiger partial charge < -0.3 is 14.9 Å². The number of aliphatic hydroxyl groups excluding tert-OH is 2. The number of nitrogens with zero attached hydrogens (tertiary/aromatic N) is 3. The van der Waals surface area contributed by atoms with Crippen LogP contribution >= 0.6 is 0 Å². The fourth-order valence-electron chi connectivity index (χ4n) is 0.527. The molecular weight excluding hydrogens is 162 g/mol. The molecule has 1 aromatic heterocycles. The lowest BCUT2D eigenvalue weighted by Gasteiger charge is -2.06. The van der Waals surface area contributed by atoms with Crippen LogP contribution in [0.25, 0.3) is 0 Å². The molecule has 0 amide bonds. The van der Waals surface area contributed by atoms with E-state index < -0.39 is 6.10 Å². The summed E-state index contributed by atoms with van der Waals surface area (Å²) in [7, 11) is 0. The summed E-state index contributed by atoms with van der Waals surface area (Å²) < 4.78 is 4.89. The van der Waals surface area contributed by atoms with Gasteiger partial charge in [0, 0.05) is 0 Å². The second-order valence-electron chi connectivity index (χ2n) is 2.07. The molecule has 0 aliphatic carbocycles. The van der Waals surface area contributed by atoms with Gasteiger partial charge in [-0.1, -0.05) is 0 Å². The molecule has 1 heterocycles. The summed E-state index contributed by atoms with van der Waals surface area (Å²) >= 11 is 0. The smallest absolute Gasteiger partial charge is 0.319 e. The highest BCUT2D eigenvalue weighted by Crippen LogP contribution is 1.96. The van der Waals surface area contributed by atoms with Crippen molar-refractivity contribution in [2.24, 2.45) is 0 Å². The van der Waals surface area contributed by atoms with Crippen molar-refractivity contribution in [2.45, 2.75) is 6.10 Å². The number of aliphatic hydroxyl groups is 2. The molecule has 0 bridgehead atoms. The molecule has 0 aliphatic rings. The average molecular weight is 171 g/mol. The molecule has 0 saturated carbocycles. The van der Waals surface area contributed by atoms with Crippen LogP contribution in [0.4, 0.5) is 0 Å². The number of hydrogen-bond donors (Lipinski definition) is 2. The average Bonchev–Trinajstić information content (AvgIpc) is 2.16. The summed E-state index contributed by atoms with van der Waals surface area (Å²) in [5.74, 6) is 0. The highest BCUT2D eigenvalue weighted by molar-refractivity contribution is 4.86. The number of hydrogen-bond acceptors (Lipinski definition) is 6. The first-order chi connectivity index (χ1) is 5.83. The molecule has 12 heavy (non-hydrogen) atoms. The van der Waals surface area contributed by atoms with E-state index in [9.17, 15) is 0 Å². The van der Waals surface area contributed by atoms with Gasteiger partial charge in [-0.2, -0.15) is 9.97 Å². The van der Waals surface area contributed by atoms with Crippen molar-refractivity contribution in [3.05, 3.63) is 12.7 Å². The summed E-state index contributed by atoms with van der Waals surface area (Å²) in [6.45, 7) is -0.369. The van der Waals surface area contributed by atoms with Gasteiger partial charge >= 0.3 is 6.01 Å². The number of ether oxygens (including phenoxy) is 1. The van der Waals surface area contributed by atoms with Crippen molar-refractivity contribution in [2.75, 3.05) is 13.2 Å². The van der Waals surface area contributed by atoms with E-state index in [1.807, 2.05) is 0 Å². The van der Waals surface area contributed by atoms with Crippen LogP contribution in [-0.2, 0) is 0 Å². The maximum absolute atomic E-state index is 8.87. The third-order valence-electron chi connectivity index (χ3n) is 1.09. The Kier molecular flexibility index (Phi) is 3.36. The Hall–Kier alpha value is -1.27. The Morgan fingerprint density at radius 1 is 1.42 bits per heavy atom. The molecule has 0 saturated heterocycles. The van der Waals surface area contributed by atoms with E-state index in [2.05, 4.69) is 15.0 Å². The fraction of sp³-hybridized carbons (Fsp3) is 0.500. The monoisotopic (exact) mass is 171 g/mol. The zero-order valence-electron chi connectivity index (χ0n) is 6.29. The standard InChI is InChI=1S/C6H9N3O3/c10-1-5(11)2-12-6-8-3-7-4-9-6/h3-5,10-11H,1-2H2. The molecule has 1 unspecified atom stereocenters. The highest BCUT2D eigenvalue weighted by Gasteiger charge is 2.03. The van der Waals surface area contributed by atoms with Gasteiger partial charge in [0.1, 0.15) is 25.4 Å². The molecule has 0 radical (unpaired) electrons. The van der Waals surface area contributed by atoms with Gasteiger partial charge in [-0.15, -0.1) is 0 Å². The van der Waals surface area contributed by atoms with E-state index in [1.54, 1.807) is 0 Å². The Morgan fingerprint density at radius 3 is 2.67 bits per heavy atom. The normalized spacial score (nSPS) is 12.5. The van der Waals surface area contributed by atoms with Gasteiger partial charge in [0.2, 0.25) is 0 Å². The van der Waals surface area contributed by atoms with Gasteiger partial charge in [-0.25, -0.2) is 4.98 Å². The third-order valence-corrected chi connectivity index (χ3v) is 1.09. The fourth-order valence-corrected chi connectivity index (χ4v) is 0.527.